The maximum absolute atomic E-state index is 12.0. The molecule has 4 nitrogen and oxygen atoms in total. The largest absolute Gasteiger partial charge is 0.573 e. The molecule has 0 aromatic heterocycles. The van der Waals surface area contributed by atoms with Crippen molar-refractivity contribution in [1.29, 1.82) is 0 Å². The van der Waals surface area contributed by atoms with E-state index in [0.29, 0.717) is 18.0 Å². The molecule has 1 heterocycles. The van der Waals surface area contributed by atoms with E-state index in [0.717, 1.165) is 25.9 Å². The minimum Gasteiger partial charge on any atom is -0.406 e. The normalized spacial score (nSPS) is 16.5. The van der Waals surface area contributed by atoms with Crippen molar-refractivity contribution in [3.05, 3.63) is 24.3 Å². The highest BCUT2D eigenvalue weighted by Crippen LogP contribution is 2.24. The lowest BCUT2D eigenvalue weighted by Gasteiger charge is -2.21. The van der Waals surface area contributed by atoms with Crippen molar-refractivity contribution in [2.75, 3.05) is 18.4 Å². The van der Waals surface area contributed by atoms with E-state index in [9.17, 15) is 18.0 Å². The number of amides is 1. The Balaban J connectivity index is 1.83. The summed E-state index contributed by atoms with van der Waals surface area (Å²) in [5, 5.41) is 5.91. The van der Waals surface area contributed by atoms with E-state index in [4.69, 9.17) is 0 Å². The molecule has 0 atom stereocenters. The molecule has 21 heavy (non-hydrogen) atoms. The van der Waals surface area contributed by atoms with Gasteiger partial charge in [0.25, 0.3) is 0 Å². The van der Waals surface area contributed by atoms with Gasteiger partial charge in [-0.05, 0) is 56.1 Å². The predicted molar refractivity (Wildman–Crippen MR) is 72.0 cm³/mol. The van der Waals surface area contributed by atoms with Gasteiger partial charge in [-0.2, -0.15) is 0 Å². The fourth-order valence-electron chi connectivity index (χ4n) is 2.30. The zero-order valence-corrected chi connectivity index (χ0v) is 11.4. The molecule has 1 aromatic rings. The lowest BCUT2D eigenvalue weighted by Crippen LogP contribution is -2.30. The Kier molecular flexibility index (Phi) is 5.06. The van der Waals surface area contributed by atoms with Gasteiger partial charge in [0.1, 0.15) is 5.75 Å². The van der Waals surface area contributed by atoms with E-state index < -0.39 is 6.36 Å². The lowest BCUT2D eigenvalue weighted by atomic mass is 9.94. The second-order valence-electron chi connectivity index (χ2n) is 5.02. The van der Waals surface area contributed by atoms with E-state index in [1.165, 1.54) is 24.3 Å². The number of nitrogens with one attached hydrogen (secondary N) is 2. The average Bonchev–Trinajstić information content (AvgIpc) is 2.40. The van der Waals surface area contributed by atoms with Gasteiger partial charge in [-0.1, -0.05) is 0 Å². The molecule has 0 spiro atoms. The number of rotatable bonds is 4. The van der Waals surface area contributed by atoms with Crippen LogP contribution in [0.1, 0.15) is 19.3 Å². The highest BCUT2D eigenvalue weighted by atomic mass is 19.4. The van der Waals surface area contributed by atoms with Gasteiger partial charge in [0.15, 0.2) is 0 Å². The first-order valence-corrected chi connectivity index (χ1v) is 6.79. The molecule has 2 rings (SSSR count). The van der Waals surface area contributed by atoms with Crippen molar-refractivity contribution < 1.29 is 22.7 Å². The first kappa shape index (κ1) is 15.6. The van der Waals surface area contributed by atoms with Gasteiger partial charge in [0, 0.05) is 12.1 Å². The van der Waals surface area contributed by atoms with Crippen molar-refractivity contribution in [2.45, 2.75) is 25.6 Å². The Morgan fingerprint density at radius 2 is 1.86 bits per heavy atom. The molecule has 0 bridgehead atoms. The van der Waals surface area contributed by atoms with Crippen molar-refractivity contribution in [1.82, 2.24) is 5.32 Å². The molecule has 1 amide bonds. The van der Waals surface area contributed by atoms with Gasteiger partial charge >= 0.3 is 6.36 Å². The van der Waals surface area contributed by atoms with Crippen LogP contribution in [0.15, 0.2) is 24.3 Å². The van der Waals surface area contributed by atoms with Crippen molar-refractivity contribution >= 4 is 11.6 Å². The van der Waals surface area contributed by atoms with E-state index in [1.807, 2.05) is 0 Å². The van der Waals surface area contributed by atoms with Gasteiger partial charge in [-0.15, -0.1) is 13.2 Å². The topological polar surface area (TPSA) is 50.4 Å². The molecule has 0 unspecified atom stereocenters. The fourth-order valence-corrected chi connectivity index (χ4v) is 2.30. The molecule has 1 saturated heterocycles. The average molecular weight is 302 g/mol. The number of ether oxygens (including phenoxy) is 1. The van der Waals surface area contributed by atoms with E-state index in [1.54, 1.807) is 0 Å². The zero-order valence-electron chi connectivity index (χ0n) is 11.4. The maximum atomic E-state index is 12.0. The van der Waals surface area contributed by atoms with Crippen LogP contribution in [-0.2, 0) is 4.79 Å². The number of halogens is 3. The lowest BCUT2D eigenvalue weighted by molar-refractivity contribution is -0.274. The number of carbonyl (C=O) groups is 1. The minimum absolute atomic E-state index is 0.119. The Labute approximate surface area is 120 Å². The molecule has 116 valence electrons. The minimum atomic E-state index is -4.71. The highest BCUT2D eigenvalue weighted by Gasteiger charge is 2.30. The zero-order chi connectivity index (χ0) is 15.3. The van der Waals surface area contributed by atoms with Crippen LogP contribution in [0.2, 0.25) is 0 Å². The van der Waals surface area contributed by atoms with Gasteiger partial charge < -0.3 is 15.4 Å². The number of alkyl halides is 3. The molecule has 2 N–H and O–H groups in total. The van der Waals surface area contributed by atoms with Gasteiger partial charge in [0.05, 0.1) is 0 Å². The first-order valence-electron chi connectivity index (χ1n) is 6.79. The number of hydrogen-bond acceptors (Lipinski definition) is 3. The standard InChI is InChI=1S/C14H17F3N2O2/c15-14(16,17)21-12-3-1-11(2-4-12)19-13(20)9-10-5-7-18-8-6-10/h1-4,10,18H,5-9H2,(H,19,20). The second kappa shape index (κ2) is 6.80. The third-order valence-corrected chi connectivity index (χ3v) is 3.30. The SMILES string of the molecule is O=C(CC1CCNCC1)Nc1ccc(OC(F)(F)F)cc1. The number of hydrogen-bond donors (Lipinski definition) is 2. The molecule has 0 radical (unpaired) electrons. The summed E-state index contributed by atoms with van der Waals surface area (Å²) in [5.41, 5.74) is 0.462. The molecular formula is C14H17F3N2O2. The Hall–Kier alpha value is -1.76. The van der Waals surface area contributed by atoms with E-state index in [2.05, 4.69) is 15.4 Å². The van der Waals surface area contributed by atoms with Crippen LogP contribution in [0.4, 0.5) is 18.9 Å². The summed E-state index contributed by atoms with van der Waals surface area (Å²) >= 11 is 0. The molecule has 1 aromatic carbocycles. The smallest absolute Gasteiger partial charge is 0.406 e. The fraction of sp³-hybridized carbons (Fsp3) is 0.500. The monoisotopic (exact) mass is 302 g/mol. The van der Waals surface area contributed by atoms with Crippen LogP contribution in [0, 0.1) is 5.92 Å². The summed E-state index contributed by atoms with van der Waals surface area (Å²) in [6, 6.07) is 5.13. The number of anilines is 1. The Morgan fingerprint density at radius 1 is 1.24 bits per heavy atom. The van der Waals surface area contributed by atoms with E-state index >= 15 is 0 Å². The van der Waals surface area contributed by atoms with Crippen LogP contribution in [0.25, 0.3) is 0 Å². The number of piperidine rings is 1. The van der Waals surface area contributed by atoms with Crippen LogP contribution in [0.3, 0.4) is 0 Å². The molecule has 1 aliphatic rings. The van der Waals surface area contributed by atoms with Crippen molar-refractivity contribution in [2.24, 2.45) is 5.92 Å². The van der Waals surface area contributed by atoms with Crippen LogP contribution in [0.5, 0.6) is 5.75 Å². The third kappa shape index (κ3) is 5.63. The Morgan fingerprint density at radius 3 is 2.43 bits per heavy atom. The molecular weight excluding hydrogens is 285 g/mol. The first-order chi connectivity index (χ1) is 9.92. The summed E-state index contributed by atoms with van der Waals surface area (Å²) in [7, 11) is 0. The van der Waals surface area contributed by atoms with Gasteiger partial charge in [-0.3, -0.25) is 4.79 Å². The summed E-state index contributed by atoms with van der Waals surface area (Å²) in [4.78, 5) is 11.9. The highest BCUT2D eigenvalue weighted by molar-refractivity contribution is 5.90. The number of carbonyl (C=O) groups excluding carboxylic acids is 1. The molecule has 0 aliphatic carbocycles. The summed E-state index contributed by atoms with van der Waals surface area (Å²) in [6.45, 7) is 1.84. The molecule has 7 heteroatoms. The van der Waals surface area contributed by atoms with Crippen LogP contribution in [-0.4, -0.2) is 25.4 Å². The number of benzene rings is 1. The summed E-state index contributed by atoms with van der Waals surface area (Å²) in [6.07, 6.45) is -2.35. The second-order valence-corrected chi connectivity index (χ2v) is 5.02. The molecule has 1 aliphatic heterocycles. The van der Waals surface area contributed by atoms with Gasteiger partial charge in [0.2, 0.25) is 5.91 Å². The summed E-state index contributed by atoms with van der Waals surface area (Å²) < 4.78 is 39.8. The molecule has 0 saturated carbocycles. The summed E-state index contributed by atoms with van der Waals surface area (Å²) in [5.74, 6) is -0.0654. The maximum Gasteiger partial charge on any atom is 0.573 e. The van der Waals surface area contributed by atoms with Crippen molar-refractivity contribution in [3.63, 3.8) is 0 Å². The third-order valence-electron chi connectivity index (χ3n) is 3.30. The Bertz CT molecular complexity index is 468. The van der Waals surface area contributed by atoms with Crippen molar-refractivity contribution in [3.8, 4) is 5.75 Å². The quantitative estimate of drug-likeness (QED) is 0.899. The molecule has 1 fully saturated rings. The van der Waals surface area contributed by atoms with Gasteiger partial charge in [-0.25, -0.2) is 0 Å². The predicted octanol–water partition coefficient (Wildman–Crippen LogP) is 2.91. The van der Waals surface area contributed by atoms with E-state index in [-0.39, 0.29) is 11.7 Å². The van der Waals surface area contributed by atoms with Crippen LogP contribution < -0.4 is 15.4 Å². The van der Waals surface area contributed by atoms with Crippen LogP contribution >= 0.6 is 0 Å².